The molecule has 1 atom stereocenters. The molecule has 2 aromatic rings. The summed E-state index contributed by atoms with van der Waals surface area (Å²) >= 11 is 6.34. The van der Waals surface area contributed by atoms with Crippen molar-refractivity contribution in [3.63, 3.8) is 0 Å². The molecule has 0 aliphatic heterocycles. The maximum atomic E-state index is 6.34. The summed E-state index contributed by atoms with van der Waals surface area (Å²) in [5.41, 5.74) is 3.85. The minimum atomic E-state index is -0.0363. The standard InChI is InChI=1S/C14H20ClN5/c1-5-6-20-14(12(15)8-17-20)13(16-4)11-7-9(2)18-19-10(11)3/h7-8,13,16H,5-6H2,1-4H3. The molecule has 5 nitrogen and oxygen atoms in total. The molecule has 2 rings (SSSR count). The van der Waals surface area contributed by atoms with Crippen molar-refractivity contribution in [3.05, 3.63) is 39.9 Å². The zero-order valence-electron chi connectivity index (χ0n) is 12.3. The highest BCUT2D eigenvalue weighted by atomic mass is 35.5. The molecule has 0 amide bonds. The minimum absolute atomic E-state index is 0.0363. The Balaban J connectivity index is 2.52. The van der Waals surface area contributed by atoms with Gasteiger partial charge in [0.15, 0.2) is 0 Å². The first-order chi connectivity index (χ1) is 9.58. The van der Waals surface area contributed by atoms with Gasteiger partial charge in [0.25, 0.3) is 0 Å². The Morgan fingerprint density at radius 2 is 2.10 bits per heavy atom. The van der Waals surface area contributed by atoms with Crippen LogP contribution in [0.4, 0.5) is 0 Å². The maximum Gasteiger partial charge on any atom is 0.0837 e. The minimum Gasteiger partial charge on any atom is -0.308 e. The summed E-state index contributed by atoms with van der Waals surface area (Å²) in [5.74, 6) is 0. The van der Waals surface area contributed by atoms with Gasteiger partial charge in [-0.25, -0.2) is 0 Å². The first kappa shape index (κ1) is 14.9. The number of aromatic nitrogens is 4. The Labute approximate surface area is 124 Å². The Morgan fingerprint density at radius 1 is 1.35 bits per heavy atom. The normalized spacial score (nSPS) is 12.7. The summed E-state index contributed by atoms with van der Waals surface area (Å²) in [7, 11) is 1.92. The van der Waals surface area contributed by atoms with Gasteiger partial charge in [-0.1, -0.05) is 18.5 Å². The third-order valence-corrected chi connectivity index (χ3v) is 3.57. The molecule has 2 aromatic heterocycles. The molecule has 2 heterocycles. The first-order valence-corrected chi connectivity index (χ1v) is 7.15. The molecule has 0 radical (unpaired) electrons. The summed E-state index contributed by atoms with van der Waals surface area (Å²) in [6, 6.07) is 2.01. The molecule has 0 spiro atoms. The molecular weight excluding hydrogens is 274 g/mol. The predicted molar refractivity (Wildman–Crippen MR) is 79.9 cm³/mol. The van der Waals surface area contributed by atoms with Crippen molar-refractivity contribution in [2.24, 2.45) is 0 Å². The van der Waals surface area contributed by atoms with Crippen LogP contribution < -0.4 is 5.32 Å². The van der Waals surface area contributed by atoms with Crippen molar-refractivity contribution in [3.8, 4) is 0 Å². The van der Waals surface area contributed by atoms with E-state index >= 15 is 0 Å². The van der Waals surface area contributed by atoms with Gasteiger partial charge in [0, 0.05) is 12.1 Å². The van der Waals surface area contributed by atoms with Gasteiger partial charge in [0.2, 0.25) is 0 Å². The van der Waals surface area contributed by atoms with Crippen molar-refractivity contribution < 1.29 is 0 Å². The van der Waals surface area contributed by atoms with Crippen LogP contribution in [-0.2, 0) is 6.54 Å². The van der Waals surface area contributed by atoms with Gasteiger partial charge in [-0.2, -0.15) is 15.3 Å². The highest BCUT2D eigenvalue weighted by molar-refractivity contribution is 6.31. The van der Waals surface area contributed by atoms with E-state index in [2.05, 4.69) is 27.5 Å². The SMILES string of the molecule is CCCn1ncc(Cl)c1C(NC)c1cc(C)nnc1C. The van der Waals surface area contributed by atoms with Crippen molar-refractivity contribution in [1.82, 2.24) is 25.3 Å². The Kier molecular flexibility index (Phi) is 4.73. The highest BCUT2D eigenvalue weighted by Gasteiger charge is 2.23. The largest absolute Gasteiger partial charge is 0.308 e. The molecule has 6 heteroatoms. The van der Waals surface area contributed by atoms with Crippen LogP contribution in [0.5, 0.6) is 0 Å². The lowest BCUT2D eigenvalue weighted by molar-refractivity contribution is 0.532. The molecule has 1 N–H and O–H groups in total. The second kappa shape index (κ2) is 6.33. The molecule has 0 saturated carbocycles. The quantitative estimate of drug-likeness (QED) is 0.921. The number of hydrogen-bond acceptors (Lipinski definition) is 4. The predicted octanol–water partition coefficient (Wildman–Crippen LogP) is 2.66. The van der Waals surface area contributed by atoms with Crippen LogP contribution >= 0.6 is 11.6 Å². The van der Waals surface area contributed by atoms with Crippen molar-refractivity contribution in [2.75, 3.05) is 7.05 Å². The van der Waals surface area contributed by atoms with Gasteiger partial charge in [-0.15, -0.1) is 0 Å². The molecule has 1 unspecified atom stereocenters. The molecule has 0 fully saturated rings. The number of nitrogens with zero attached hydrogens (tertiary/aromatic N) is 4. The molecular formula is C14H20ClN5. The van der Waals surface area contributed by atoms with Crippen molar-refractivity contribution >= 4 is 11.6 Å². The van der Waals surface area contributed by atoms with Crippen LogP contribution in [0, 0.1) is 13.8 Å². The van der Waals surface area contributed by atoms with Crippen LogP contribution in [-0.4, -0.2) is 27.0 Å². The summed E-state index contributed by atoms with van der Waals surface area (Å²) < 4.78 is 1.96. The van der Waals surface area contributed by atoms with E-state index in [0.717, 1.165) is 35.6 Å². The van der Waals surface area contributed by atoms with Crippen LogP contribution in [0.2, 0.25) is 5.02 Å². The zero-order chi connectivity index (χ0) is 14.7. The van der Waals surface area contributed by atoms with Crippen LogP contribution in [0.1, 0.15) is 42.0 Å². The van der Waals surface area contributed by atoms with Gasteiger partial charge in [0.1, 0.15) is 0 Å². The summed E-state index contributed by atoms with van der Waals surface area (Å²) in [6.07, 6.45) is 2.71. The zero-order valence-corrected chi connectivity index (χ0v) is 13.1. The second-order valence-electron chi connectivity index (χ2n) is 4.85. The van der Waals surface area contributed by atoms with Gasteiger partial charge in [-0.05, 0) is 33.4 Å². The molecule has 0 saturated heterocycles. The fourth-order valence-electron chi connectivity index (χ4n) is 2.35. The molecule has 0 aromatic carbocycles. The van der Waals surface area contributed by atoms with E-state index in [4.69, 9.17) is 11.6 Å². The third kappa shape index (κ3) is 2.83. The lowest BCUT2D eigenvalue weighted by Crippen LogP contribution is -2.23. The summed E-state index contributed by atoms with van der Waals surface area (Å²) in [4.78, 5) is 0. The Hall–Kier alpha value is -1.46. The summed E-state index contributed by atoms with van der Waals surface area (Å²) in [6.45, 7) is 6.86. The van der Waals surface area contributed by atoms with E-state index < -0.39 is 0 Å². The summed E-state index contributed by atoms with van der Waals surface area (Å²) in [5, 5.41) is 16.6. The van der Waals surface area contributed by atoms with Crippen LogP contribution in [0.25, 0.3) is 0 Å². The van der Waals surface area contributed by atoms with Gasteiger partial charge >= 0.3 is 0 Å². The lowest BCUT2D eigenvalue weighted by atomic mass is 10.0. The third-order valence-electron chi connectivity index (χ3n) is 3.28. The van der Waals surface area contributed by atoms with E-state index in [0.29, 0.717) is 5.02 Å². The molecule has 20 heavy (non-hydrogen) atoms. The fraction of sp³-hybridized carbons (Fsp3) is 0.500. The van der Waals surface area contributed by atoms with Gasteiger partial charge < -0.3 is 5.32 Å². The van der Waals surface area contributed by atoms with Crippen molar-refractivity contribution in [2.45, 2.75) is 39.8 Å². The van der Waals surface area contributed by atoms with Crippen molar-refractivity contribution in [1.29, 1.82) is 0 Å². The Morgan fingerprint density at radius 3 is 2.75 bits per heavy atom. The van der Waals surface area contributed by atoms with Crippen LogP contribution in [0.15, 0.2) is 12.3 Å². The van der Waals surface area contributed by atoms with Crippen LogP contribution in [0.3, 0.4) is 0 Å². The smallest absolute Gasteiger partial charge is 0.0837 e. The lowest BCUT2D eigenvalue weighted by Gasteiger charge is -2.20. The van der Waals surface area contributed by atoms with Gasteiger partial charge in [0.05, 0.1) is 34.3 Å². The number of halogens is 1. The molecule has 108 valence electrons. The fourth-order valence-corrected chi connectivity index (χ4v) is 2.60. The van der Waals surface area contributed by atoms with E-state index in [1.165, 1.54) is 0 Å². The topological polar surface area (TPSA) is 55.6 Å². The number of nitrogens with one attached hydrogen (secondary N) is 1. The van der Waals surface area contributed by atoms with E-state index in [1.807, 2.05) is 31.6 Å². The van der Waals surface area contributed by atoms with E-state index in [9.17, 15) is 0 Å². The van der Waals surface area contributed by atoms with E-state index in [1.54, 1.807) is 6.20 Å². The maximum absolute atomic E-state index is 6.34. The molecule has 0 aliphatic carbocycles. The first-order valence-electron chi connectivity index (χ1n) is 6.77. The second-order valence-corrected chi connectivity index (χ2v) is 5.26. The number of rotatable bonds is 5. The number of hydrogen-bond donors (Lipinski definition) is 1. The highest BCUT2D eigenvalue weighted by Crippen LogP contribution is 2.29. The monoisotopic (exact) mass is 293 g/mol. The molecule has 0 aliphatic rings. The average molecular weight is 294 g/mol. The number of aryl methyl sites for hydroxylation is 3. The van der Waals surface area contributed by atoms with E-state index in [-0.39, 0.29) is 6.04 Å². The Bertz CT molecular complexity index is 593. The van der Waals surface area contributed by atoms with Gasteiger partial charge in [-0.3, -0.25) is 4.68 Å². The molecule has 0 bridgehead atoms. The average Bonchev–Trinajstić information content (AvgIpc) is 2.77.